The van der Waals surface area contributed by atoms with Crippen LogP contribution in [0.15, 0.2) is 64.5 Å². The Kier molecular flexibility index (Phi) is 5.45. The standard InChI is InChI=1S/C21H21NO5/c1-3-11-26-16-7-4-6-14(13-16)19-18(20(24)21(25)22(19)2)17(23)10-9-15-8-5-12-27-15/h4-10,12-13,19,24H,3,11H2,1-2H3/b10-9+. The first kappa shape index (κ1) is 18.5. The fourth-order valence-corrected chi connectivity index (χ4v) is 2.99. The lowest BCUT2D eigenvalue weighted by atomic mass is 9.96. The molecule has 1 atom stereocenters. The molecule has 2 aromatic rings. The number of rotatable bonds is 7. The number of furan rings is 1. The number of amides is 1. The number of aliphatic hydroxyl groups excluding tert-OH is 1. The van der Waals surface area contributed by atoms with Gasteiger partial charge in [0.1, 0.15) is 11.5 Å². The van der Waals surface area contributed by atoms with E-state index in [1.807, 2.05) is 13.0 Å². The zero-order valence-electron chi connectivity index (χ0n) is 15.2. The highest BCUT2D eigenvalue weighted by Crippen LogP contribution is 2.37. The van der Waals surface area contributed by atoms with Gasteiger partial charge in [-0.1, -0.05) is 19.1 Å². The Bertz CT molecular complexity index is 895. The predicted octanol–water partition coefficient (Wildman–Crippen LogP) is 3.68. The van der Waals surface area contributed by atoms with Crippen LogP contribution in [-0.2, 0) is 9.59 Å². The SMILES string of the molecule is CCCOc1cccc(C2C(C(=O)/C=C/c3ccco3)=C(O)C(=O)N2C)c1. The third-order valence-electron chi connectivity index (χ3n) is 4.29. The van der Waals surface area contributed by atoms with Crippen LogP contribution in [0, 0.1) is 0 Å². The second-order valence-corrected chi connectivity index (χ2v) is 6.21. The zero-order chi connectivity index (χ0) is 19.4. The summed E-state index contributed by atoms with van der Waals surface area (Å²) >= 11 is 0. The van der Waals surface area contributed by atoms with E-state index in [4.69, 9.17) is 9.15 Å². The number of benzene rings is 1. The minimum Gasteiger partial charge on any atom is -0.503 e. The van der Waals surface area contributed by atoms with E-state index in [9.17, 15) is 14.7 Å². The first-order valence-corrected chi connectivity index (χ1v) is 8.72. The van der Waals surface area contributed by atoms with Crippen molar-refractivity contribution in [1.82, 2.24) is 4.90 Å². The maximum Gasteiger partial charge on any atom is 0.289 e. The molecular formula is C21H21NO5. The summed E-state index contributed by atoms with van der Waals surface area (Å²) in [6.07, 6.45) is 5.16. The molecule has 1 aromatic carbocycles. The third kappa shape index (κ3) is 3.79. The van der Waals surface area contributed by atoms with E-state index in [-0.39, 0.29) is 5.57 Å². The average molecular weight is 367 g/mol. The van der Waals surface area contributed by atoms with Crippen molar-refractivity contribution in [2.75, 3.05) is 13.7 Å². The van der Waals surface area contributed by atoms with Crippen molar-refractivity contribution in [2.24, 2.45) is 0 Å². The number of aliphatic hydroxyl groups is 1. The summed E-state index contributed by atoms with van der Waals surface area (Å²) in [5.41, 5.74) is 0.733. The Morgan fingerprint density at radius 2 is 2.15 bits per heavy atom. The molecule has 0 saturated carbocycles. The molecule has 0 bridgehead atoms. The summed E-state index contributed by atoms with van der Waals surface area (Å²) in [5.74, 6) is -0.412. The van der Waals surface area contributed by atoms with Crippen molar-refractivity contribution in [1.29, 1.82) is 0 Å². The number of likely N-dealkylation sites (N-methyl/N-ethyl adjacent to an activating group) is 1. The lowest BCUT2D eigenvalue weighted by Crippen LogP contribution is -2.26. The molecule has 1 N–H and O–H groups in total. The van der Waals surface area contributed by atoms with Gasteiger partial charge in [0, 0.05) is 7.05 Å². The largest absolute Gasteiger partial charge is 0.503 e. The molecular weight excluding hydrogens is 346 g/mol. The summed E-state index contributed by atoms with van der Waals surface area (Å²) in [6, 6.07) is 9.93. The molecule has 27 heavy (non-hydrogen) atoms. The van der Waals surface area contributed by atoms with Gasteiger partial charge in [-0.2, -0.15) is 0 Å². The van der Waals surface area contributed by atoms with Gasteiger partial charge < -0.3 is 19.2 Å². The molecule has 1 aliphatic heterocycles. The normalized spacial score (nSPS) is 17.2. The quantitative estimate of drug-likeness (QED) is 0.755. The van der Waals surface area contributed by atoms with Crippen molar-refractivity contribution < 1.29 is 23.8 Å². The Labute approximate surface area is 157 Å². The van der Waals surface area contributed by atoms with Crippen LogP contribution >= 0.6 is 0 Å². The zero-order valence-corrected chi connectivity index (χ0v) is 15.2. The highest BCUT2D eigenvalue weighted by molar-refractivity contribution is 6.14. The van der Waals surface area contributed by atoms with E-state index >= 15 is 0 Å². The third-order valence-corrected chi connectivity index (χ3v) is 4.29. The number of hydrogen-bond acceptors (Lipinski definition) is 5. The predicted molar refractivity (Wildman–Crippen MR) is 100 cm³/mol. The minimum atomic E-state index is -0.684. The lowest BCUT2D eigenvalue weighted by Gasteiger charge is -2.22. The fraction of sp³-hybridized carbons (Fsp3) is 0.238. The number of carbonyl (C=O) groups is 2. The molecule has 0 saturated heterocycles. The van der Waals surface area contributed by atoms with Crippen molar-refractivity contribution >= 4 is 17.8 Å². The van der Waals surface area contributed by atoms with Crippen LogP contribution in [0.2, 0.25) is 0 Å². The lowest BCUT2D eigenvalue weighted by molar-refractivity contribution is -0.128. The number of nitrogens with zero attached hydrogens (tertiary/aromatic N) is 1. The van der Waals surface area contributed by atoms with Crippen LogP contribution < -0.4 is 4.74 Å². The van der Waals surface area contributed by atoms with Gasteiger partial charge in [-0.05, 0) is 48.4 Å². The van der Waals surface area contributed by atoms with Crippen LogP contribution in [0.1, 0.15) is 30.7 Å². The summed E-state index contributed by atoms with van der Waals surface area (Å²) in [5, 5.41) is 10.3. The highest BCUT2D eigenvalue weighted by atomic mass is 16.5. The van der Waals surface area contributed by atoms with Gasteiger partial charge >= 0.3 is 0 Å². The molecule has 140 valence electrons. The molecule has 1 amide bonds. The van der Waals surface area contributed by atoms with Crippen molar-refractivity contribution in [3.63, 3.8) is 0 Å². The fourth-order valence-electron chi connectivity index (χ4n) is 2.99. The Balaban J connectivity index is 1.93. The molecule has 1 aromatic heterocycles. The van der Waals surface area contributed by atoms with E-state index in [1.54, 1.807) is 37.4 Å². The molecule has 6 heteroatoms. The molecule has 6 nitrogen and oxygen atoms in total. The second-order valence-electron chi connectivity index (χ2n) is 6.21. The summed E-state index contributed by atoms with van der Waals surface area (Å²) < 4.78 is 10.8. The molecule has 0 fully saturated rings. The van der Waals surface area contributed by atoms with E-state index in [1.165, 1.54) is 23.3 Å². The molecule has 0 radical (unpaired) electrons. The first-order chi connectivity index (χ1) is 13.0. The molecule has 3 rings (SSSR count). The van der Waals surface area contributed by atoms with Crippen molar-refractivity contribution in [2.45, 2.75) is 19.4 Å². The number of hydrogen-bond donors (Lipinski definition) is 1. The van der Waals surface area contributed by atoms with E-state index in [0.717, 1.165) is 6.42 Å². The number of carbonyl (C=O) groups excluding carboxylic acids is 2. The van der Waals surface area contributed by atoms with Gasteiger partial charge in [0.25, 0.3) is 5.91 Å². The Morgan fingerprint density at radius 1 is 1.33 bits per heavy atom. The van der Waals surface area contributed by atoms with Gasteiger partial charge in [0.2, 0.25) is 0 Å². The summed E-state index contributed by atoms with van der Waals surface area (Å²) in [4.78, 5) is 26.4. The number of allylic oxidation sites excluding steroid dienone is 1. The molecule has 2 heterocycles. The Morgan fingerprint density at radius 3 is 2.85 bits per heavy atom. The average Bonchev–Trinajstić information content (AvgIpc) is 3.27. The smallest absolute Gasteiger partial charge is 0.289 e. The van der Waals surface area contributed by atoms with E-state index in [0.29, 0.717) is 23.7 Å². The van der Waals surface area contributed by atoms with E-state index < -0.39 is 23.5 Å². The topological polar surface area (TPSA) is 80.0 Å². The monoisotopic (exact) mass is 367 g/mol. The highest BCUT2D eigenvalue weighted by Gasteiger charge is 2.40. The maximum atomic E-state index is 12.7. The van der Waals surface area contributed by atoms with Crippen molar-refractivity contribution in [3.8, 4) is 5.75 Å². The molecule has 0 spiro atoms. The van der Waals surface area contributed by atoms with E-state index in [2.05, 4.69) is 0 Å². The van der Waals surface area contributed by atoms with Crippen LogP contribution in [0.5, 0.6) is 5.75 Å². The number of ether oxygens (including phenoxy) is 1. The Hall–Kier alpha value is -3.28. The molecule has 0 aliphatic carbocycles. The summed E-state index contributed by atoms with van der Waals surface area (Å²) in [6.45, 7) is 2.58. The summed E-state index contributed by atoms with van der Waals surface area (Å²) in [7, 11) is 1.55. The van der Waals surface area contributed by atoms with Gasteiger partial charge in [-0.15, -0.1) is 0 Å². The van der Waals surface area contributed by atoms with Gasteiger partial charge in [-0.3, -0.25) is 9.59 Å². The first-order valence-electron chi connectivity index (χ1n) is 8.72. The maximum absolute atomic E-state index is 12.7. The van der Waals surface area contributed by atoms with Crippen molar-refractivity contribution in [3.05, 3.63) is 71.4 Å². The molecule has 1 aliphatic rings. The van der Waals surface area contributed by atoms with Crippen LogP contribution in [0.3, 0.4) is 0 Å². The second kappa shape index (κ2) is 7.95. The minimum absolute atomic E-state index is 0.0398. The molecule has 1 unspecified atom stereocenters. The van der Waals surface area contributed by atoms with Gasteiger partial charge in [-0.25, -0.2) is 0 Å². The van der Waals surface area contributed by atoms with Crippen LogP contribution in [0.25, 0.3) is 6.08 Å². The van der Waals surface area contributed by atoms with Crippen LogP contribution in [-0.4, -0.2) is 35.4 Å². The van der Waals surface area contributed by atoms with Crippen LogP contribution in [0.4, 0.5) is 0 Å². The number of ketones is 1. The van der Waals surface area contributed by atoms with Gasteiger partial charge in [0.05, 0.1) is 24.5 Å². The van der Waals surface area contributed by atoms with Gasteiger partial charge in [0.15, 0.2) is 11.5 Å².